The highest BCUT2D eigenvalue weighted by atomic mass is 79.9. The van der Waals surface area contributed by atoms with Crippen LogP contribution in [0.4, 0.5) is 10.1 Å². The number of thiocarbonyl (C=S) groups is 1. The molecule has 0 fully saturated rings. The number of anilines is 1. The minimum absolute atomic E-state index is 0.105. The summed E-state index contributed by atoms with van der Waals surface area (Å²) >= 11 is 7.73. The fourth-order valence-corrected chi connectivity index (χ4v) is 2.79. The number of benzene rings is 1. The summed E-state index contributed by atoms with van der Waals surface area (Å²) in [6.45, 7) is 1.36. The summed E-state index contributed by atoms with van der Waals surface area (Å²) in [6, 6.07) is 3.67. The van der Waals surface area contributed by atoms with Crippen molar-refractivity contribution in [2.75, 3.05) is 4.72 Å². The second kappa shape index (κ2) is 5.28. The molecule has 94 valence electrons. The van der Waals surface area contributed by atoms with Gasteiger partial charge in [-0.15, -0.1) is 0 Å². The predicted molar refractivity (Wildman–Crippen MR) is 72.9 cm³/mol. The first-order chi connectivity index (χ1) is 7.74. The molecule has 0 amide bonds. The lowest BCUT2D eigenvalue weighted by atomic mass is 10.3. The predicted octanol–water partition coefficient (Wildman–Crippen LogP) is 2.00. The largest absolute Gasteiger partial charge is 0.392 e. The standard InChI is InChI=1S/C9H10BrFN2O2S2/c1-5(9(12)16)17(14,15)13-8-4-6(11)2-3-7(8)10/h2-5,13H,1H3,(H2,12,16). The summed E-state index contributed by atoms with van der Waals surface area (Å²) in [7, 11) is -3.76. The lowest BCUT2D eigenvalue weighted by molar-refractivity contribution is 0.598. The first kappa shape index (κ1) is 14.3. The minimum atomic E-state index is -3.76. The Hall–Kier alpha value is -0.730. The molecular formula is C9H10BrFN2O2S2. The van der Waals surface area contributed by atoms with Crippen molar-refractivity contribution in [3.8, 4) is 0 Å². The van der Waals surface area contributed by atoms with Gasteiger partial charge in [0.05, 0.1) is 10.7 Å². The monoisotopic (exact) mass is 340 g/mol. The van der Waals surface area contributed by atoms with Gasteiger partial charge >= 0.3 is 0 Å². The van der Waals surface area contributed by atoms with E-state index in [-0.39, 0.29) is 10.7 Å². The van der Waals surface area contributed by atoms with E-state index in [4.69, 9.17) is 5.73 Å². The lowest BCUT2D eigenvalue weighted by Crippen LogP contribution is -2.35. The van der Waals surface area contributed by atoms with Crippen molar-refractivity contribution in [2.24, 2.45) is 5.73 Å². The molecule has 1 atom stereocenters. The van der Waals surface area contributed by atoms with E-state index in [9.17, 15) is 12.8 Å². The molecule has 3 N–H and O–H groups in total. The number of halogens is 2. The van der Waals surface area contributed by atoms with Crippen molar-refractivity contribution in [3.63, 3.8) is 0 Å². The Labute approximate surface area is 113 Å². The Bertz CT molecular complexity index is 548. The maximum absolute atomic E-state index is 13.0. The highest BCUT2D eigenvalue weighted by molar-refractivity contribution is 9.10. The highest BCUT2D eigenvalue weighted by Crippen LogP contribution is 2.24. The van der Waals surface area contributed by atoms with Gasteiger partial charge in [-0.1, -0.05) is 12.2 Å². The molecular weight excluding hydrogens is 331 g/mol. The van der Waals surface area contributed by atoms with Gasteiger partial charge in [-0.25, -0.2) is 12.8 Å². The number of rotatable bonds is 4. The molecule has 0 heterocycles. The Morgan fingerprint density at radius 1 is 1.59 bits per heavy atom. The average molecular weight is 341 g/mol. The molecule has 1 unspecified atom stereocenters. The summed E-state index contributed by atoms with van der Waals surface area (Å²) in [6.07, 6.45) is 0. The molecule has 1 aromatic carbocycles. The summed E-state index contributed by atoms with van der Waals surface area (Å²) in [5.74, 6) is -0.547. The van der Waals surface area contributed by atoms with E-state index in [1.165, 1.54) is 19.1 Å². The molecule has 0 spiro atoms. The van der Waals surface area contributed by atoms with Crippen molar-refractivity contribution < 1.29 is 12.8 Å². The number of hydrogen-bond acceptors (Lipinski definition) is 3. The molecule has 0 aliphatic carbocycles. The summed E-state index contributed by atoms with van der Waals surface area (Å²) in [4.78, 5) is -0.148. The number of nitrogens with two attached hydrogens (primary N) is 1. The molecule has 0 bridgehead atoms. The van der Waals surface area contributed by atoms with Crippen LogP contribution in [0.15, 0.2) is 22.7 Å². The van der Waals surface area contributed by atoms with Crippen molar-refractivity contribution in [2.45, 2.75) is 12.2 Å². The molecule has 1 rings (SSSR count). The normalized spacial score (nSPS) is 13.1. The van der Waals surface area contributed by atoms with Crippen molar-refractivity contribution in [1.82, 2.24) is 0 Å². The maximum Gasteiger partial charge on any atom is 0.241 e. The fourth-order valence-electron chi connectivity index (χ4n) is 0.970. The van der Waals surface area contributed by atoms with Crippen molar-refractivity contribution in [3.05, 3.63) is 28.5 Å². The van der Waals surface area contributed by atoms with E-state index in [0.29, 0.717) is 4.47 Å². The van der Waals surface area contributed by atoms with Crippen LogP contribution >= 0.6 is 28.1 Å². The third kappa shape index (κ3) is 3.62. The van der Waals surface area contributed by atoms with Gasteiger partial charge in [-0.3, -0.25) is 4.72 Å². The van der Waals surface area contributed by atoms with Gasteiger partial charge in [0.2, 0.25) is 10.0 Å². The van der Waals surface area contributed by atoms with Crippen LogP contribution in [0.2, 0.25) is 0 Å². The molecule has 0 saturated carbocycles. The van der Waals surface area contributed by atoms with Crippen LogP contribution in [0.5, 0.6) is 0 Å². The Balaban J connectivity index is 3.06. The van der Waals surface area contributed by atoms with Gasteiger partial charge in [0.1, 0.15) is 11.1 Å². The zero-order valence-corrected chi connectivity index (χ0v) is 12.0. The summed E-state index contributed by atoms with van der Waals surface area (Å²) in [5, 5.41) is -1.03. The molecule has 1 aromatic rings. The first-order valence-corrected chi connectivity index (χ1v) is 7.25. The average Bonchev–Trinajstić information content (AvgIpc) is 2.21. The topological polar surface area (TPSA) is 72.2 Å². The SMILES string of the molecule is CC(C(N)=S)S(=O)(=O)Nc1cc(F)ccc1Br. The third-order valence-electron chi connectivity index (χ3n) is 2.05. The van der Waals surface area contributed by atoms with E-state index in [2.05, 4.69) is 32.9 Å². The summed E-state index contributed by atoms with van der Waals surface area (Å²) < 4.78 is 39.2. The molecule has 0 aliphatic heterocycles. The molecule has 0 radical (unpaired) electrons. The van der Waals surface area contributed by atoms with Crippen LogP contribution < -0.4 is 10.5 Å². The first-order valence-electron chi connectivity index (χ1n) is 4.50. The van der Waals surface area contributed by atoms with Crippen molar-refractivity contribution in [1.29, 1.82) is 0 Å². The van der Waals surface area contributed by atoms with Gasteiger partial charge in [-0.2, -0.15) is 0 Å². The Morgan fingerprint density at radius 2 is 2.18 bits per heavy atom. The van der Waals surface area contributed by atoms with Gasteiger partial charge in [0.25, 0.3) is 0 Å². The quantitative estimate of drug-likeness (QED) is 0.822. The molecule has 0 aromatic heterocycles. The van der Waals surface area contributed by atoms with Crippen molar-refractivity contribution >= 4 is 48.8 Å². The summed E-state index contributed by atoms with van der Waals surface area (Å²) in [5.41, 5.74) is 5.37. The van der Waals surface area contributed by atoms with Crippen LogP contribution in [0, 0.1) is 5.82 Å². The van der Waals surface area contributed by atoms with Gasteiger partial charge in [-0.05, 0) is 41.1 Å². The number of sulfonamides is 1. The van der Waals surface area contributed by atoms with Crippen LogP contribution in [0.1, 0.15) is 6.92 Å². The van der Waals surface area contributed by atoms with E-state index in [0.717, 1.165) is 6.07 Å². The zero-order valence-electron chi connectivity index (χ0n) is 8.78. The molecule has 0 aliphatic rings. The maximum atomic E-state index is 13.0. The molecule has 17 heavy (non-hydrogen) atoms. The van der Waals surface area contributed by atoms with Gasteiger partial charge in [0, 0.05) is 4.47 Å². The second-order valence-corrected chi connectivity index (χ2v) is 6.64. The molecule has 8 heteroatoms. The van der Waals surface area contributed by atoms with Crippen LogP contribution in [0.3, 0.4) is 0 Å². The van der Waals surface area contributed by atoms with E-state index < -0.39 is 21.1 Å². The van der Waals surface area contributed by atoms with Crippen LogP contribution in [-0.2, 0) is 10.0 Å². The van der Waals surface area contributed by atoms with E-state index in [1.807, 2.05) is 0 Å². The minimum Gasteiger partial charge on any atom is -0.392 e. The fraction of sp³-hybridized carbons (Fsp3) is 0.222. The van der Waals surface area contributed by atoms with Gasteiger partial charge < -0.3 is 5.73 Å². The van der Waals surface area contributed by atoms with Crippen LogP contribution in [0.25, 0.3) is 0 Å². The van der Waals surface area contributed by atoms with Gasteiger partial charge in [0.15, 0.2) is 0 Å². The smallest absolute Gasteiger partial charge is 0.241 e. The number of nitrogens with one attached hydrogen (secondary N) is 1. The Morgan fingerprint density at radius 3 is 2.71 bits per heavy atom. The van der Waals surface area contributed by atoms with E-state index >= 15 is 0 Å². The third-order valence-corrected chi connectivity index (χ3v) is 4.93. The lowest BCUT2D eigenvalue weighted by Gasteiger charge is -2.14. The molecule has 0 saturated heterocycles. The zero-order chi connectivity index (χ0) is 13.2. The second-order valence-electron chi connectivity index (χ2n) is 3.32. The highest BCUT2D eigenvalue weighted by Gasteiger charge is 2.24. The number of hydrogen-bond donors (Lipinski definition) is 2. The van der Waals surface area contributed by atoms with Crippen LogP contribution in [-0.4, -0.2) is 18.7 Å². The Kier molecular flexibility index (Phi) is 4.45. The molecule has 4 nitrogen and oxygen atoms in total. The van der Waals surface area contributed by atoms with E-state index in [1.54, 1.807) is 0 Å².